The first-order valence-corrected chi connectivity index (χ1v) is 10.3. The van der Waals surface area contributed by atoms with E-state index in [0.717, 1.165) is 24.8 Å². The Morgan fingerprint density at radius 3 is 3.04 bits per heavy atom. The zero-order valence-electron chi connectivity index (χ0n) is 16.6. The van der Waals surface area contributed by atoms with Gasteiger partial charge in [0.15, 0.2) is 0 Å². The lowest BCUT2D eigenvalue weighted by atomic mass is 10.00. The summed E-state index contributed by atoms with van der Waals surface area (Å²) in [5.74, 6) is -0.0226. The van der Waals surface area contributed by atoms with Crippen LogP contribution in [-0.4, -0.2) is 48.0 Å². The summed E-state index contributed by atoms with van der Waals surface area (Å²) in [4.78, 5) is 18.4. The largest absolute Gasteiger partial charge is 0.395 e. The van der Waals surface area contributed by atoms with E-state index in [9.17, 15) is 4.79 Å². The van der Waals surface area contributed by atoms with Crippen molar-refractivity contribution in [2.75, 3.05) is 19.7 Å². The number of β-amino-alcohol motifs (C(OH)–C–C–N with tert-alkyl or cyclic N) is 1. The monoisotopic (exact) mass is 389 g/mol. The van der Waals surface area contributed by atoms with Crippen LogP contribution in [0.4, 0.5) is 0 Å². The number of amides is 1. The van der Waals surface area contributed by atoms with Crippen LogP contribution in [0, 0.1) is 5.92 Å². The van der Waals surface area contributed by atoms with E-state index in [1.54, 1.807) is 0 Å². The van der Waals surface area contributed by atoms with Gasteiger partial charge in [-0.1, -0.05) is 25.1 Å². The van der Waals surface area contributed by atoms with Crippen LogP contribution in [0.25, 0.3) is 0 Å². The Hall–Kier alpha value is -1.55. The second-order valence-corrected chi connectivity index (χ2v) is 7.92. The highest BCUT2D eigenvalue weighted by molar-refractivity contribution is 5.80. The number of rotatable bonds is 6. The number of carbonyl (C=O) groups excluding carboxylic acids is 1. The van der Waals surface area contributed by atoms with Gasteiger partial charge >= 0.3 is 0 Å². The number of aliphatic hydroxyl groups excluding tert-OH is 1. The van der Waals surface area contributed by atoms with E-state index in [2.05, 4.69) is 46.7 Å². The Kier molecular flexibility index (Phi) is 5.96. The molecule has 4 unspecified atom stereocenters. The van der Waals surface area contributed by atoms with E-state index in [4.69, 9.17) is 9.94 Å². The van der Waals surface area contributed by atoms with Gasteiger partial charge in [0.05, 0.1) is 18.6 Å². The predicted molar refractivity (Wildman–Crippen MR) is 105 cm³/mol. The molecule has 5 atom stereocenters. The van der Waals surface area contributed by atoms with Gasteiger partial charge in [-0.3, -0.25) is 20.4 Å². The van der Waals surface area contributed by atoms with Crippen molar-refractivity contribution in [3.8, 4) is 0 Å². The number of nitrogens with one attached hydrogen (secondary N) is 4. The lowest BCUT2D eigenvalue weighted by Crippen LogP contribution is -2.42. The fraction of sp³-hybridized carbons (Fsp3) is 0.650. The normalized spacial score (nSPS) is 32.6. The molecule has 154 valence electrons. The average molecular weight is 390 g/mol. The Balaban J connectivity index is 1.39. The van der Waals surface area contributed by atoms with E-state index in [-0.39, 0.29) is 42.9 Å². The number of benzene rings is 1. The minimum Gasteiger partial charge on any atom is -0.395 e. The average Bonchev–Trinajstić information content (AvgIpc) is 3.41. The summed E-state index contributed by atoms with van der Waals surface area (Å²) >= 11 is 0. The van der Waals surface area contributed by atoms with Crippen molar-refractivity contribution in [1.29, 1.82) is 0 Å². The number of carbonyl (C=O) groups is 1. The summed E-state index contributed by atoms with van der Waals surface area (Å²) in [6.45, 7) is 5.34. The summed E-state index contributed by atoms with van der Waals surface area (Å²) in [6.07, 6.45) is 2.85. The second kappa shape index (κ2) is 8.44. The van der Waals surface area contributed by atoms with Gasteiger partial charge in [-0.2, -0.15) is 5.48 Å². The number of aliphatic hydroxyl groups is 1. The van der Waals surface area contributed by atoms with Crippen LogP contribution >= 0.6 is 0 Å². The predicted octanol–water partition coefficient (Wildman–Crippen LogP) is 0.466. The van der Waals surface area contributed by atoms with Crippen molar-refractivity contribution < 1.29 is 14.7 Å². The molecule has 3 aliphatic rings. The second-order valence-electron chi connectivity index (χ2n) is 7.92. The fourth-order valence-electron chi connectivity index (χ4n) is 4.46. The molecule has 1 aromatic rings. The van der Waals surface area contributed by atoms with Gasteiger partial charge in [0.2, 0.25) is 5.91 Å². The number of hydrazine groups is 1. The fourth-order valence-corrected chi connectivity index (χ4v) is 4.46. The molecular formula is C20H31N5O3. The van der Waals surface area contributed by atoms with E-state index in [0.29, 0.717) is 13.1 Å². The van der Waals surface area contributed by atoms with Gasteiger partial charge in [0.1, 0.15) is 12.4 Å². The molecule has 0 aromatic heterocycles. The first kappa shape index (κ1) is 19.8. The van der Waals surface area contributed by atoms with Crippen molar-refractivity contribution in [1.82, 2.24) is 26.5 Å². The van der Waals surface area contributed by atoms with Gasteiger partial charge in [-0.25, -0.2) is 5.01 Å². The van der Waals surface area contributed by atoms with Gasteiger partial charge in [-0.15, -0.1) is 0 Å². The number of hydrogen-bond donors (Lipinski definition) is 5. The van der Waals surface area contributed by atoms with Gasteiger partial charge < -0.3 is 10.4 Å². The maximum atomic E-state index is 12.8. The van der Waals surface area contributed by atoms with Crippen LogP contribution in [0.3, 0.4) is 0 Å². The Labute approximate surface area is 165 Å². The molecule has 1 aromatic carbocycles. The molecule has 2 aliphatic heterocycles. The van der Waals surface area contributed by atoms with Crippen LogP contribution in [0.15, 0.2) is 18.2 Å². The Bertz CT molecular complexity index is 715. The lowest BCUT2D eigenvalue weighted by Gasteiger charge is -2.23. The molecule has 0 spiro atoms. The highest BCUT2D eigenvalue weighted by atomic mass is 16.7. The number of hydrogen-bond acceptors (Lipinski definition) is 7. The maximum absolute atomic E-state index is 12.8. The van der Waals surface area contributed by atoms with E-state index in [1.807, 2.05) is 11.9 Å². The number of fused-ring (bicyclic) bond motifs is 1. The summed E-state index contributed by atoms with van der Waals surface area (Å²) in [7, 11) is 0. The molecule has 2 saturated heterocycles. The Morgan fingerprint density at radius 2 is 2.29 bits per heavy atom. The minimum absolute atomic E-state index is 0.00631. The molecule has 1 amide bonds. The van der Waals surface area contributed by atoms with Crippen molar-refractivity contribution in [3.63, 3.8) is 0 Å². The molecule has 1 aliphatic carbocycles. The topological polar surface area (TPSA) is 97.9 Å². The van der Waals surface area contributed by atoms with Crippen molar-refractivity contribution in [2.45, 2.75) is 57.6 Å². The van der Waals surface area contributed by atoms with Gasteiger partial charge in [0, 0.05) is 19.1 Å². The number of hydroxylamine groups is 1. The zero-order chi connectivity index (χ0) is 19.7. The first-order chi connectivity index (χ1) is 13.6. The van der Waals surface area contributed by atoms with Crippen LogP contribution in [-0.2, 0) is 16.1 Å². The van der Waals surface area contributed by atoms with E-state index < -0.39 is 0 Å². The van der Waals surface area contributed by atoms with E-state index >= 15 is 0 Å². The van der Waals surface area contributed by atoms with Crippen LogP contribution < -0.4 is 21.5 Å². The zero-order valence-corrected chi connectivity index (χ0v) is 16.6. The van der Waals surface area contributed by atoms with E-state index in [1.165, 1.54) is 11.1 Å². The molecule has 2 fully saturated rings. The van der Waals surface area contributed by atoms with Crippen molar-refractivity contribution >= 4 is 5.91 Å². The first-order valence-electron chi connectivity index (χ1n) is 10.3. The molecule has 28 heavy (non-hydrogen) atoms. The summed E-state index contributed by atoms with van der Waals surface area (Å²) in [5.41, 5.74) is 9.95. The minimum atomic E-state index is -0.107. The molecule has 0 saturated carbocycles. The molecule has 5 N–H and O–H groups in total. The number of nitrogens with zero attached hydrogens (tertiary/aromatic N) is 1. The summed E-state index contributed by atoms with van der Waals surface area (Å²) in [6, 6.07) is 6.61. The molecule has 8 heteroatoms. The van der Waals surface area contributed by atoms with Crippen LogP contribution in [0.5, 0.6) is 0 Å². The maximum Gasteiger partial charge on any atom is 0.226 e. The SMILES string of the molecule is CCC1NC(c2ccc3c(c2)CC[C@H]3NC(=O)C2CNN(CCO)C2C)NO1. The molecule has 8 nitrogen and oxygen atoms in total. The Morgan fingerprint density at radius 1 is 1.43 bits per heavy atom. The molecule has 0 radical (unpaired) electrons. The number of aryl methyl sites for hydroxylation is 1. The molecular weight excluding hydrogens is 358 g/mol. The smallest absolute Gasteiger partial charge is 0.226 e. The molecule has 0 bridgehead atoms. The third kappa shape index (κ3) is 3.80. The third-order valence-electron chi connectivity index (χ3n) is 6.21. The molecule has 4 rings (SSSR count). The van der Waals surface area contributed by atoms with Crippen molar-refractivity contribution in [3.05, 3.63) is 34.9 Å². The summed E-state index contributed by atoms with van der Waals surface area (Å²) in [5, 5.41) is 17.8. The highest BCUT2D eigenvalue weighted by Crippen LogP contribution is 2.34. The third-order valence-corrected chi connectivity index (χ3v) is 6.21. The van der Waals surface area contributed by atoms with Crippen LogP contribution in [0.1, 0.15) is 55.6 Å². The van der Waals surface area contributed by atoms with Crippen molar-refractivity contribution in [2.24, 2.45) is 5.92 Å². The molecule has 2 heterocycles. The quantitative estimate of drug-likeness (QED) is 0.482. The van der Waals surface area contributed by atoms with Gasteiger partial charge in [-0.05, 0) is 42.9 Å². The summed E-state index contributed by atoms with van der Waals surface area (Å²) < 4.78 is 0. The standard InChI is InChI=1S/C20H31N5O3/c1-3-18-23-19(24-28-18)14-4-6-15-13(10-14)5-7-17(15)22-20(27)16-11-21-25(8-9-26)12(16)2/h4,6,10,12,16-19,21,23-24,26H,3,5,7-9,11H2,1-2H3,(H,22,27)/t12?,16?,17-,18?,19?/m1/s1. The van der Waals surface area contributed by atoms with Gasteiger partial charge in [0.25, 0.3) is 0 Å². The highest BCUT2D eigenvalue weighted by Gasteiger charge is 2.37. The lowest BCUT2D eigenvalue weighted by molar-refractivity contribution is -0.126. The van der Waals surface area contributed by atoms with Crippen LogP contribution in [0.2, 0.25) is 0 Å².